The molecule has 1 aromatic carbocycles. The SMILES string of the molecule is Cc1cccc(C2(Cc3nc(=O)c(O)c4n3CC(C)N(C)C4=O)CCCCC2)c1. The van der Waals surface area contributed by atoms with Crippen molar-refractivity contribution in [3.63, 3.8) is 0 Å². The Hall–Kier alpha value is -2.63. The van der Waals surface area contributed by atoms with Gasteiger partial charge < -0.3 is 14.6 Å². The number of likely N-dealkylation sites (N-methyl/N-ethyl adjacent to an activating group) is 1. The van der Waals surface area contributed by atoms with Crippen molar-refractivity contribution in [3.05, 3.63) is 57.3 Å². The molecule has 154 valence electrons. The quantitative estimate of drug-likeness (QED) is 0.866. The van der Waals surface area contributed by atoms with E-state index in [-0.39, 0.29) is 23.1 Å². The Labute approximate surface area is 171 Å². The zero-order chi connectivity index (χ0) is 20.8. The second-order valence-corrected chi connectivity index (χ2v) is 8.79. The summed E-state index contributed by atoms with van der Waals surface area (Å²) in [6, 6.07) is 8.58. The van der Waals surface area contributed by atoms with E-state index in [9.17, 15) is 14.7 Å². The minimum Gasteiger partial charge on any atom is -0.501 e. The van der Waals surface area contributed by atoms with Crippen LogP contribution >= 0.6 is 0 Å². The highest BCUT2D eigenvalue weighted by atomic mass is 16.3. The molecule has 6 heteroatoms. The number of fused-ring (bicyclic) bond motifs is 1. The third-order valence-electron chi connectivity index (χ3n) is 6.81. The molecule has 29 heavy (non-hydrogen) atoms. The maximum absolute atomic E-state index is 12.8. The predicted octanol–water partition coefficient (Wildman–Crippen LogP) is 3.18. The van der Waals surface area contributed by atoms with Crippen LogP contribution in [0.4, 0.5) is 0 Å². The number of carbonyl (C=O) groups excluding carboxylic acids is 1. The zero-order valence-electron chi connectivity index (χ0n) is 17.4. The molecule has 1 amide bonds. The predicted molar refractivity (Wildman–Crippen MR) is 111 cm³/mol. The van der Waals surface area contributed by atoms with Crippen LogP contribution < -0.4 is 5.56 Å². The van der Waals surface area contributed by atoms with Gasteiger partial charge in [0.05, 0.1) is 0 Å². The molecule has 6 nitrogen and oxygen atoms in total. The Bertz CT molecular complexity index is 1000. The Morgan fingerprint density at radius 2 is 1.93 bits per heavy atom. The van der Waals surface area contributed by atoms with Crippen molar-refractivity contribution in [2.24, 2.45) is 0 Å². The van der Waals surface area contributed by atoms with Gasteiger partial charge in [0, 0.05) is 31.5 Å². The fourth-order valence-corrected chi connectivity index (χ4v) is 4.96. The van der Waals surface area contributed by atoms with Gasteiger partial charge in [0.2, 0.25) is 5.75 Å². The number of aryl methyl sites for hydroxylation is 1. The Kier molecular flexibility index (Phi) is 4.97. The maximum atomic E-state index is 12.8. The lowest BCUT2D eigenvalue weighted by Gasteiger charge is -2.40. The summed E-state index contributed by atoms with van der Waals surface area (Å²) in [6.07, 6.45) is 6.16. The highest BCUT2D eigenvalue weighted by Gasteiger charge is 2.38. The van der Waals surface area contributed by atoms with Crippen molar-refractivity contribution in [2.45, 2.75) is 70.4 Å². The van der Waals surface area contributed by atoms with Crippen LogP contribution in [0, 0.1) is 6.92 Å². The number of hydrogen-bond acceptors (Lipinski definition) is 4. The molecule has 1 unspecified atom stereocenters. The fraction of sp³-hybridized carbons (Fsp3) is 0.522. The molecule has 1 aliphatic heterocycles. The number of aromatic hydroxyl groups is 1. The smallest absolute Gasteiger partial charge is 0.315 e. The number of rotatable bonds is 3. The topological polar surface area (TPSA) is 75.4 Å². The zero-order valence-corrected chi connectivity index (χ0v) is 17.4. The molecule has 1 aliphatic carbocycles. The fourth-order valence-electron chi connectivity index (χ4n) is 4.96. The second-order valence-electron chi connectivity index (χ2n) is 8.79. The van der Waals surface area contributed by atoms with E-state index in [1.807, 2.05) is 6.92 Å². The van der Waals surface area contributed by atoms with Gasteiger partial charge in [-0.2, -0.15) is 4.98 Å². The van der Waals surface area contributed by atoms with Crippen molar-refractivity contribution >= 4 is 5.91 Å². The standard InChI is InChI=1S/C23H29N3O3/c1-15-8-7-9-17(12-15)23(10-5-4-6-11-23)13-18-24-21(28)20(27)19-22(29)25(3)16(2)14-26(18)19/h7-9,12,16,27H,4-6,10-11,13-14H2,1-3H3. The lowest BCUT2D eigenvalue weighted by molar-refractivity contribution is 0.0660. The van der Waals surface area contributed by atoms with Crippen LogP contribution in [0.2, 0.25) is 0 Å². The van der Waals surface area contributed by atoms with Gasteiger partial charge in [-0.25, -0.2) is 0 Å². The van der Waals surface area contributed by atoms with Gasteiger partial charge in [0.1, 0.15) is 5.82 Å². The first-order chi connectivity index (χ1) is 13.8. The van der Waals surface area contributed by atoms with Crippen LogP contribution in [0.3, 0.4) is 0 Å². The molecule has 0 spiro atoms. The van der Waals surface area contributed by atoms with Gasteiger partial charge in [-0.3, -0.25) is 9.59 Å². The van der Waals surface area contributed by atoms with Crippen LogP contribution in [-0.4, -0.2) is 38.6 Å². The first-order valence-corrected chi connectivity index (χ1v) is 10.5. The van der Waals surface area contributed by atoms with Crippen molar-refractivity contribution in [3.8, 4) is 5.75 Å². The third-order valence-corrected chi connectivity index (χ3v) is 6.81. The van der Waals surface area contributed by atoms with E-state index >= 15 is 0 Å². The second kappa shape index (κ2) is 7.32. The molecule has 1 saturated carbocycles. The molecule has 0 radical (unpaired) electrons. The van der Waals surface area contributed by atoms with E-state index in [2.05, 4.69) is 36.2 Å². The van der Waals surface area contributed by atoms with E-state index < -0.39 is 11.3 Å². The van der Waals surface area contributed by atoms with E-state index in [1.54, 1.807) is 16.5 Å². The molecule has 2 aromatic rings. The lowest BCUT2D eigenvalue weighted by Crippen LogP contribution is -2.47. The van der Waals surface area contributed by atoms with Crippen molar-refractivity contribution in [1.82, 2.24) is 14.5 Å². The number of amides is 1. The summed E-state index contributed by atoms with van der Waals surface area (Å²) < 4.78 is 1.79. The van der Waals surface area contributed by atoms with Gasteiger partial charge in [-0.15, -0.1) is 0 Å². The summed E-state index contributed by atoms with van der Waals surface area (Å²) in [7, 11) is 1.70. The van der Waals surface area contributed by atoms with E-state index in [4.69, 9.17) is 0 Å². The molecular formula is C23H29N3O3. The molecule has 1 N–H and O–H groups in total. The third kappa shape index (κ3) is 3.34. The van der Waals surface area contributed by atoms with Crippen LogP contribution in [-0.2, 0) is 18.4 Å². The molecule has 4 rings (SSSR count). The number of hydrogen-bond donors (Lipinski definition) is 1. The van der Waals surface area contributed by atoms with Crippen molar-refractivity contribution in [1.29, 1.82) is 0 Å². The van der Waals surface area contributed by atoms with Gasteiger partial charge >= 0.3 is 5.56 Å². The number of benzene rings is 1. The molecule has 1 aromatic heterocycles. The van der Waals surface area contributed by atoms with Crippen LogP contribution in [0.25, 0.3) is 0 Å². The van der Waals surface area contributed by atoms with Gasteiger partial charge in [-0.05, 0) is 32.3 Å². The van der Waals surface area contributed by atoms with Gasteiger partial charge in [0.15, 0.2) is 5.69 Å². The summed E-state index contributed by atoms with van der Waals surface area (Å²) in [5, 5.41) is 10.3. The van der Waals surface area contributed by atoms with Crippen molar-refractivity contribution < 1.29 is 9.90 Å². The van der Waals surface area contributed by atoms with Crippen LogP contribution in [0.15, 0.2) is 29.1 Å². The average molecular weight is 396 g/mol. The molecular weight excluding hydrogens is 366 g/mol. The largest absolute Gasteiger partial charge is 0.501 e. The molecule has 0 bridgehead atoms. The average Bonchev–Trinajstić information content (AvgIpc) is 2.70. The number of aromatic nitrogens is 2. The summed E-state index contributed by atoms with van der Waals surface area (Å²) in [5.41, 5.74) is 1.77. The van der Waals surface area contributed by atoms with E-state index in [0.717, 1.165) is 25.7 Å². The highest BCUT2D eigenvalue weighted by molar-refractivity contribution is 5.95. The molecule has 0 saturated heterocycles. The summed E-state index contributed by atoms with van der Waals surface area (Å²) in [5.74, 6) is -0.250. The van der Waals surface area contributed by atoms with Gasteiger partial charge in [0.25, 0.3) is 5.91 Å². The van der Waals surface area contributed by atoms with Crippen LogP contribution in [0.1, 0.15) is 66.5 Å². The molecule has 1 fully saturated rings. The highest BCUT2D eigenvalue weighted by Crippen LogP contribution is 2.42. The molecule has 2 heterocycles. The van der Waals surface area contributed by atoms with E-state index in [0.29, 0.717) is 18.8 Å². The van der Waals surface area contributed by atoms with Crippen molar-refractivity contribution in [2.75, 3.05) is 7.05 Å². The summed E-state index contributed by atoms with van der Waals surface area (Å²) in [6.45, 7) is 4.59. The lowest BCUT2D eigenvalue weighted by atomic mass is 9.67. The number of carbonyl (C=O) groups is 1. The minimum atomic E-state index is -0.710. The van der Waals surface area contributed by atoms with Crippen LogP contribution in [0.5, 0.6) is 5.75 Å². The summed E-state index contributed by atoms with van der Waals surface area (Å²) in [4.78, 5) is 31.1. The van der Waals surface area contributed by atoms with E-state index in [1.165, 1.54) is 17.5 Å². The Morgan fingerprint density at radius 1 is 1.21 bits per heavy atom. The normalized spacial score (nSPS) is 21.1. The molecule has 2 aliphatic rings. The number of nitrogens with zero attached hydrogens (tertiary/aromatic N) is 3. The monoisotopic (exact) mass is 395 g/mol. The first kappa shape index (κ1) is 19.7. The Morgan fingerprint density at radius 3 is 2.62 bits per heavy atom. The maximum Gasteiger partial charge on any atom is 0.315 e. The molecule has 1 atom stereocenters. The van der Waals surface area contributed by atoms with Gasteiger partial charge in [-0.1, -0.05) is 49.1 Å². The minimum absolute atomic E-state index is 0.0290. The Balaban J connectivity index is 1.85. The summed E-state index contributed by atoms with van der Waals surface area (Å²) >= 11 is 0. The first-order valence-electron chi connectivity index (χ1n) is 10.5.